The summed E-state index contributed by atoms with van der Waals surface area (Å²) in [4.78, 5) is 0. The summed E-state index contributed by atoms with van der Waals surface area (Å²) in [5.41, 5.74) is 2.56. The van der Waals surface area contributed by atoms with E-state index in [-0.39, 0.29) is 0 Å². The summed E-state index contributed by atoms with van der Waals surface area (Å²) in [5, 5.41) is 3.49. The Bertz CT molecular complexity index is 374. The van der Waals surface area contributed by atoms with Crippen molar-refractivity contribution < 1.29 is 4.74 Å². The molecule has 0 saturated carbocycles. The monoisotopic (exact) mass is 263 g/mol. The van der Waals surface area contributed by atoms with E-state index in [1.165, 1.54) is 11.1 Å². The second-order valence-corrected chi connectivity index (χ2v) is 5.96. The van der Waals surface area contributed by atoms with E-state index in [0.29, 0.717) is 11.8 Å². The summed E-state index contributed by atoms with van der Waals surface area (Å²) in [6.07, 6.45) is 1.16. The van der Waals surface area contributed by atoms with Crippen molar-refractivity contribution in [2.75, 3.05) is 13.2 Å². The standard InChI is InChI=1S/C17H29NO/c1-6-14(4)12-19-17-8-7-15(5)9-16(17)11-18-10-13(2)3/h7-9,13-14,18H,6,10-12H2,1-5H3. The fourth-order valence-electron chi connectivity index (χ4n) is 1.83. The van der Waals surface area contributed by atoms with E-state index in [0.717, 1.165) is 31.9 Å². The Kier molecular flexibility index (Phi) is 6.93. The van der Waals surface area contributed by atoms with Crippen molar-refractivity contribution in [3.8, 4) is 5.75 Å². The van der Waals surface area contributed by atoms with Crippen LogP contribution < -0.4 is 10.1 Å². The molecular formula is C17H29NO. The van der Waals surface area contributed by atoms with Crippen LogP contribution in [0.15, 0.2) is 18.2 Å². The molecule has 1 aromatic carbocycles. The van der Waals surface area contributed by atoms with Crippen LogP contribution in [0.2, 0.25) is 0 Å². The lowest BCUT2D eigenvalue weighted by atomic mass is 10.1. The first-order valence-corrected chi connectivity index (χ1v) is 7.46. The molecule has 0 amide bonds. The van der Waals surface area contributed by atoms with Gasteiger partial charge in [-0.2, -0.15) is 0 Å². The smallest absolute Gasteiger partial charge is 0.123 e. The first kappa shape index (κ1) is 16.0. The van der Waals surface area contributed by atoms with E-state index < -0.39 is 0 Å². The highest BCUT2D eigenvalue weighted by molar-refractivity contribution is 5.36. The van der Waals surface area contributed by atoms with E-state index in [1.54, 1.807) is 0 Å². The summed E-state index contributed by atoms with van der Waals surface area (Å²) in [5.74, 6) is 2.31. The molecular weight excluding hydrogens is 234 g/mol. The minimum Gasteiger partial charge on any atom is -0.493 e. The number of ether oxygens (including phenoxy) is 1. The molecule has 1 atom stereocenters. The third-order valence-electron chi connectivity index (χ3n) is 3.30. The first-order chi connectivity index (χ1) is 9.02. The Morgan fingerprint density at radius 2 is 1.95 bits per heavy atom. The summed E-state index contributed by atoms with van der Waals surface area (Å²) in [6, 6.07) is 6.45. The van der Waals surface area contributed by atoms with Gasteiger partial charge in [-0.05, 0) is 31.4 Å². The molecule has 1 rings (SSSR count). The molecule has 1 unspecified atom stereocenters. The molecule has 0 radical (unpaired) electrons. The highest BCUT2D eigenvalue weighted by Crippen LogP contribution is 2.21. The van der Waals surface area contributed by atoms with Crippen LogP contribution in [0, 0.1) is 18.8 Å². The van der Waals surface area contributed by atoms with Crippen LogP contribution in [0.3, 0.4) is 0 Å². The van der Waals surface area contributed by atoms with Gasteiger partial charge in [0.25, 0.3) is 0 Å². The highest BCUT2D eigenvalue weighted by Gasteiger charge is 2.06. The van der Waals surface area contributed by atoms with Crippen molar-refractivity contribution in [3.05, 3.63) is 29.3 Å². The van der Waals surface area contributed by atoms with Crippen molar-refractivity contribution in [2.45, 2.75) is 47.6 Å². The minimum absolute atomic E-state index is 0.609. The molecule has 1 N–H and O–H groups in total. The van der Waals surface area contributed by atoms with Gasteiger partial charge in [-0.3, -0.25) is 0 Å². The quantitative estimate of drug-likeness (QED) is 0.760. The normalized spacial score (nSPS) is 12.7. The Labute approximate surface area is 118 Å². The maximum Gasteiger partial charge on any atom is 0.123 e. The minimum atomic E-state index is 0.609. The number of rotatable bonds is 8. The maximum absolute atomic E-state index is 5.96. The maximum atomic E-state index is 5.96. The van der Waals surface area contributed by atoms with Crippen LogP contribution in [0.25, 0.3) is 0 Å². The van der Waals surface area contributed by atoms with E-state index in [1.807, 2.05) is 0 Å². The van der Waals surface area contributed by atoms with Gasteiger partial charge in [-0.1, -0.05) is 51.8 Å². The van der Waals surface area contributed by atoms with Crippen LogP contribution in [0.4, 0.5) is 0 Å². The Morgan fingerprint density at radius 1 is 1.21 bits per heavy atom. The topological polar surface area (TPSA) is 21.3 Å². The number of hydrogen-bond acceptors (Lipinski definition) is 2. The zero-order valence-corrected chi connectivity index (χ0v) is 13.1. The van der Waals surface area contributed by atoms with Gasteiger partial charge >= 0.3 is 0 Å². The lowest BCUT2D eigenvalue weighted by Gasteiger charge is -2.16. The second kappa shape index (κ2) is 8.21. The molecule has 0 bridgehead atoms. The van der Waals surface area contributed by atoms with Crippen LogP contribution >= 0.6 is 0 Å². The fraction of sp³-hybridized carbons (Fsp3) is 0.647. The number of benzene rings is 1. The van der Waals surface area contributed by atoms with Gasteiger partial charge in [0, 0.05) is 12.1 Å². The molecule has 2 nitrogen and oxygen atoms in total. The van der Waals surface area contributed by atoms with Gasteiger partial charge in [0.1, 0.15) is 5.75 Å². The molecule has 1 aromatic rings. The summed E-state index contributed by atoms with van der Waals surface area (Å²) >= 11 is 0. The third kappa shape index (κ3) is 6.11. The fourth-order valence-corrected chi connectivity index (χ4v) is 1.83. The van der Waals surface area contributed by atoms with Crippen molar-refractivity contribution >= 4 is 0 Å². The van der Waals surface area contributed by atoms with Crippen LogP contribution in [-0.4, -0.2) is 13.2 Å². The van der Waals surface area contributed by atoms with E-state index in [4.69, 9.17) is 4.74 Å². The molecule has 0 aliphatic heterocycles. The average molecular weight is 263 g/mol. The average Bonchev–Trinajstić information content (AvgIpc) is 2.37. The summed E-state index contributed by atoms with van der Waals surface area (Å²) < 4.78 is 5.96. The van der Waals surface area contributed by atoms with Crippen LogP contribution in [0.1, 0.15) is 45.2 Å². The van der Waals surface area contributed by atoms with E-state index >= 15 is 0 Å². The lowest BCUT2D eigenvalue weighted by Crippen LogP contribution is -2.20. The summed E-state index contributed by atoms with van der Waals surface area (Å²) in [6.45, 7) is 13.7. The molecule has 0 aromatic heterocycles. The number of hydrogen-bond donors (Lipinski definition) is 1. The molecule has 0 saturated heterocycles. The summed E-state index contributed by atoms with van der Waals surface area (Å²) in [7, 11) is 0. The lowest BCUT2D eigenvalue weighted by molar-refractivity contribution is 0.254. The molecule has 0 fully saturated rings. The van der Waals surface area contributed by atoms with E-state index in [9.17, 15) is 0 Å². The molecule has 0 aliphatic rings. The molecule has 2 heteroatoms. The third-order valence-corrected chi connectivity index (χ3v) is 3.30. The first-order valence-electron chi connectivity index (χ1n) is 7.46. The Morgan fingerprint density at radius 3 is 2.58 bits per heavy atom. The molecule has 0 heterocycles. The molecule has 0 spiro atoms. The largest absolute Gasteiger partial charge is 0.493 e. The van der Waals surface area contributed by atoms with E-state index in [2.05, 4.69) is 58.1 Å². The molecule has 0 aliphatic carbocycles. The Hall–Kier alpha value is -1.02. The Balaban J connectivity index is 2.63. The second-order valence-electron chi connectivity index (χ2n) is 5.96. The molecule has 108 valence electrons. The van der Waals surface area contributed by atoms with Crippen molar-refractivity contribution in [1.82, 2.24) is 5.32 Å². The van der Waals surface area contributed by atoms with Gasteiger partial charge < -0.3 is 10.1 Å². The predicted octanol–water partition coefficient (Wildman–Crippen LogP) is 4.17. The van der Waals surface area contributed by atoms with Crippen molar-refractivity contribution in [3.63, 3.8) is 0 Å². The van der Waals surface area contributed by atoms with Gasteiger partial charge in [0.2, 0.25) is 0 Å². The SMILES string of the molecule is CCC(C)COc1ccc(C)cc1CNCC(C)C. The predicted molar refractivity (Wildman–Crippen MR) is 82.7 cm³/mol. The number of nitrogens with one attached hydrogen (secondary N) is 1. The number of aryl methyl sites for hydroxylation is 1. The zero-order chi connectivity index (χ0) is 14.3. The van der Waals surface area contributed by atoms with Gasteiger partial charge in [-0.25, -0.2) is 0 Å². The molecule has 19 heavy (non-hydrogen) atoms. The van der Waals surface area contributed by atoms with Crippen LogP contribution in [0.5, 0.6) is 5.75 Å². The van der Waals surface area contributed by atoms with Crippen molar-refractivity contribution in [2.24, 2.45) is 11.8 Å². The van der Waals surface area contributed by atoms with Crippen molar-refractivity contribution in [1.29, 1.82) is 0 Å². The highest BCUT2D eigenvalue weighted by atomic mass is 16.5. The van der Waals surface area contributed by atoms with Gasteiger partial charge in [-0.15, -0.1) is 0 Å². The van der Waals surface area contributed by atoms with Gasteiger partial charge in [0.05, 0.1) is 6.61 Å². The van der Waals surface area contributed by atoms with Crippen LogP contribution in [-0.2, 0) is 6.54 Å². The van der Waals surface area contributed by atoms with Gasteiger partial charge in [0.15, 0.2) is 0 Å². The zero-order valence-electron chi connectivity index (χ0n) is 13.1.